The van der Waals surface area contributed by atoms with Gasteiger partial charge in [0.05, 0.1) is 19.2 Å². The van der Waals surface area contributed by atoms with Crippen LogP contribution in [0.5, 0.6) is 0 Å². The topological polar surface area (TPSA) is 78.1 Å². The number of rotatable bonds is 2. The second kappa shape index (κ2) is 5.92. The summed E-state index contributed by atoms with van der Waals surface area (Å²) in [5.74, 6) is -3.78. The Bertz CT molecular complexity index is 807. The molecule has 0 bridgehead atoms. The van der Waals surface area contributed by atoms with E-state index in [1.807, 2.05) is 24.3 Å². The van der Waals surface area contributed by atoms with E-state index in [-0.39, 0.29) is 0 Å². The second-order valence-electron chi connectivity index (χ2n) is 5.68. The van der Waals surface area contributed by atoms with Crippen molar-refractivity contribution >= 4 is 22.7 Å². The van der Waals surface area contributed by atoms with Crippen molar-refractivity contribution in [3.8, 4) is 6.07 Å². The van der Waals surface area contributed by atoms with Gasteiger partial charge in [0.2, 0.25) is 5.91 Å². The molecular weight excluding hydrogens is 318 g/mol. The Balaban J connectivity index is 1.63. The minimum absolute atomic E-state index is 0.443. The Morgan fingerprint density at radius 1 is 1.29 bits per heavy atom. The summed E-state index contributed by atoms with van der Waals surface area (Å²) < 4.78 is 28.0. The smallest absolute Gasteiger partial charge is 0.325 e. The zero-order chi connectivity index (χ0) is 17.3. The Labute approximate surface area is 136 Å². The number of fused-ring (bicyclic) bond motifs is 1. The number of hydrogen-bond acceptors (Lipinski definition) is 3. The molecule has 1 aliphatic heterocycles. The van der Waals surface area contributed by atoms with E-state index in [9.17, 15) is 18.4 Å². The zero-order valence-corrected chi connectivity index (χ0v) is 12.6. The van der Waals surface area contributed by atoms with Crippen LogP contribution in [0.1, 0.15) is 6.42 Å². The van der Waals surface area contributed by atoms with Crippen molar-refractivity contribution in [2.75, 3.05) is 13.1 Å². The molecule has 24 heavy (non-hydrogen) atoms. The largest absolute Gasteiger partial charge is 0.328 e. The van der Waals surface area contributed by atoms with Crippen LogP contribution in [0.25, 0.3) is 10.8 Å². The summed E-state index contributed by atoms with van der Waals surface area (Å²) in [4.78, 5) is 24.9. The summed E-state index contributed by atoms with van der Waals surface area (Å²) in [6, 6.07) is 7.34. The standard InChI is InChI=1S/C16H14F2N4O2/c17-16(18)5-13(6-19)22(10-16)14(23)7-20-15(24)21-8-11-3-1-2-4-12(11)9-21/h1-4,8-9,13H,5,7,10H2,(H,20,24)/t13-/m0/s1. The zero-order valence-electron chi connectivity index (χ0n) is 12.6. The van der Waals surface area contributed by atoms with Crippen LogP contribution in [0.2, 0.25) is 0 Å². The molecule has 3 rings (SSSR count). The third-order valence-electron chi connectivity index (χ3n) is 3.92. The normalized spacial score (nSPS) is 19.2. The second-order valence-corrected chi connectivity index (χ2v) is 5.68. The highest BCUT2D eigenvalue weighted by Crippen LogP contribution is 2.31. The molecule has 0 spiro atoms. The van der Waals surface area contributed by atoms with Gasteiger partial charge in [-0.2, -0.15) is 5.26 Å². The number of nitriles is 1. The van der Waals surface area contributed by atoms with Gasteiger partial charge in [-0.15, -0.1) is 0 Å². The number of hydrogen-bond donors (Lipinski definition) is 1. The molecule has 124 valence electrons. The minimum atomic E-state index is -3.07. The first-order valence-electron chi connectivity index (χ1n) is 7.31. The molecule has 0 aliphatic carbocycles. The molecule has 2 heterocycles. The summed E-state index contributed by atoms with van der Waals surface area (Å²) in [6.45, 7) is -1.24. The summed E-state index contributed by atoms with van der Waals surface area (Å²) in [5, 5.41) is 13.0. The number of carbonyl (C=O) groups excluding carboxylic acids is 2. The van der Waals surface area contributed by atoms with E-state index >= 15 is 0 Å². The van der Waals surface area contributed by atoms with Gasteiger partial charge in [-0.25, -0.2) is 13.6 Å². The molecule has 1 aliphatic rings. The summed E-state index contributed by atoms with van der Waals surface area (Å²) in [5.41, 5.74) is 0. The lowest BCUT2D eigenvalue weighted by atomic mass is 10.2. The predicted octanol–water partition coefficient (Wildman–Crippen LogP) is 1.96. The average molecular weight is 332 g/mol. The maximum atomic E-state index is 13.3. The molecule has 1 saturated heterocycles. The van der Waals surface area contributed by atoms with Gasteiger partial charge < -0.3 is 10.2 Å². The lowest BCUT2D eigenvalue weighted by Crippen LogP contribution is -2.43. The Kier molecular flexibility index (Phi) is 3.93. The quantitative estimate of drug-likeness (QED) is 0.913. The lowest BCUT2D eigenvalue weighted by Gasteiger charge is -2.19. The molecular formula is C16H14F2N4O2. The van der Waals surface area contributed by atoms with Crippen molar-refractivity contribution in [2.45, 2.75) is 18.4 Å². The molecule has 1 N–H and O–H groups in total. The maximum Gasteiger partial charge on any atom is 0.325 e. The van der Waals surface area contributed by atoms with Crippen LogP contribution >= 0.6 is 0 Å². The number of carbonyl (C=O) groups is 2. The Hall–Kier alpha value is -2.95. The maximum absolute atomic E-state index is 13.3. The highest BCUT2D eigenvalue weighted by molar-refractivity contribution is 5.90. The number of nitrogens with zero attached hydrogens (tertiary/aromatic N) is 3. The fourth-order valence-corrected chi connectivity index (χ4v) is 2.74. The van der Waals surface area contributed by atoms with E-state index in [4.69, 9.17) is 5.26 Å². The molecule has 1 fully saturated rings. The first-order chi connectivity index (χ1) is 11.4. The third-order valence-corrected chi connectivity index (χ3v) is 3.92. The van der Waals surface area contributed by atoms with Gasteiger partial charge in [-0.1, -0.05) is 24.3 Å². The molecule has 0 unspecified atom stereocenters. The van der Waals surface area contributed by atoms with Gasteiger partial charge in [0.25, 0.3) is 5.92 Å². The van der Waals surface area contributed by atoms with Crippen LogP contribution < -0.4 is 5.32 Å². The van der Waals surface area contributed by atoms with Crippen LogP contribution in [0.4, 0.5) is 13.6 Å². The van der Waals surface area contributed by atoms with Crippen LogP contribution in [0.15, 0.2) is 36.7 Å². The third kappa shape index (κ3) is 3.06. The van der Waals surface area contributed by atoms with Gasteiger partial charge in [0.15, 0.2) is 0 Å². The summed E-state index contributed by atoms with van der Waals surface area (Å²) in [7, 11) is 0. The highest BCUT2D eigenvalue weighted by Gasteiger charge is 2.47. The van der Waals surface area contributed by atoms with Crippen molar-refractivity contribution in [3.05, 3.63) is 36.7 Å². The van der Waals surface area contributed by atoms with E-state index in [1.54, 1.807) is 18.5 Å². The van der Waals surface area contributed by atoms with Crippen molar-refractivity contribution in [1.82, 2.24) is 14.8 Å². The van der Waals surface area contributed by atoms with Crippen LogP contribution in [-0.4, -0.2) is 46.5 Å². The number of alkyl halides is 2. The lowest BCUT2D eigenvalue weighted by molar-refractivity contribution is -0.131. The molecule has 2 amide bonds. The van der Waals surface area contributed by atoms with E-state index in [2.05, 4.69) is 5.32 Å². The molecule has 0 radical (unpaired) electrons. The Morgan fingerprint density at radius 3 is 2.50 bits per heavy atom. The molecule has 0 saturated carbocycles. The van der Waals surface area contributed by atoms with Crippen molar-refractivity contribution < 1.29 is 18.4 Å². The molecule has 6 nitrogen and oxygen atoms in total. The van der Waals surface area contributed by atoms with E-state index in [1.165, 1.54) is 4.57 Å². The molecule has 8 heteroatoms. The average Bonchev–Trinajstić information content (AvgIpc) is 3.12. The van der Waals surface area contributed by atoms with Crippen LogP contribution in [0.3, 0.4) is 0 Å². The highest BCUT2D eigenvalue weighted by atomic mass is 19.3. The van der Waals surface area contributed by atoms with Gasteiger partial charge in [0, 0.05) is 18.8 Å². The van der Waals surface area contributed by atoms with Gasteiger partial charge >= 0.3 is 6.03 Å². The number of amides is 2. The minimum Gasteiger partial charge on any atom is -0.328 e. The van der Waals surface area contributed by atoms with Crippen molar-refractivity contribution in [1.29, 1.82) is 5.26 Å². The number of likely N-dealkylation sites (tertiary alicyclic amines) is 1. The molecule has 1 aromatic heterocycles. The fourth-order valence-electron chi connectivity index (χ4n) is 2.74. The van der Waals surface area contributed by atoms with Crippen LogP contribution in [-0.2, 0) is 4.79 Å². The van der Waals surface area contributed by atoms with Crippen LogP contribution in [0, 0.1) is 11.3 Å². The summed E-state index contributed by atoms with van der Waals surface area (Å²) >= 11 is 0. The molecule has 1 aromatic carbocycles. The number of halogens is 2. The monoisotopic (exact) mass is 332 g/mol. The fraction of sp³-hybridized carbons (Fsp3) is 0.312. The SMILES string of the molecule is N#C[C@@H]1CC(F)(F)CN1C(=O)CNC(=O)n1cc2ccccc2c1. The van der Waals surface area contributed by atoms with E-state index in [0.29, 0.717) is 0 Å². The van der Waals surface area contributed by atoms with E-state index in [0.717, 1.165) is 15.7 Å². The molecule has 2 aromatic rings. The number of benzene rings is 1. The molecule has 1 atom stereocenters. The van der Waals surface area contributed by atoms with Gasteiger partial charge in [0.1, 0.15) is 6.04 Å². The number of aromatic nitrogens is 1. The van der Waals surface area contributed by atoms with Crippen molar-refractivity contribution in [2.24, 2.45) is 0 Å². The first-order valence-corrected chi connectivity index (χ1v) is 7.31. The van der Waals surface area contributed by atoms with Gasteiger partial charge in [-0.3, -0.25) is 9.36 Å². The number of nitrogens with one attached hydrogen (secondary N) is 1. The van der Waals surface area contributed by atoms with Gasteiger partial charge in [-0.05, 0) is 10.8 Å². The first kappa shape index (κ1) is 15.9. The predicted molar refractivity (Wildman–Crippen MR) is 81.4 cm³/mol. The summed E-state index contributed by atoms with van der Waals surface area (Å²) in [6.07, 6.45) is 2.54. The van der Waals surface area contributed by atoms with Crippen molar-refractivity contribution in [3.63, 3.8) is 0 Å². The Morgan fingerprint density at radius 2 is 1.92 bits per heavy atom. The van der Waals surface area contributed by atoms with E-state index < -0.39 is 43.4 Å².